The summed E-state index contributed by atoms with van der Waals surface area (Å²) in [5, 5.41) is 0. The molecule has 0 heterocycles. The molecule has 0 radical (unpaired) electrons. The highest BCUT2D eigenvalue weighted by Gasteiger charge is 2.02. The van der Waals surface area contributed by atoms with Crippen molar-refractivity contribution in [3.8, 4) is 0 Å². The number of hydrogen-bond donors (Lipinski definition) is 2. The third-order valence-corrected chi connectivity index (χ3v) is 1.67. The van der Waals surface area contributed by atoms with Gasteiger partial charge in [-0.1, -0.05) is 12.5 Å². The van der Waals surface area contributed by atoms with Gasteiger partial charge >= 0.3 is 0 Å². The van der Waals surface area contributed by atoms with Crippen molar-refractivity contribution in [2.75, 3.05) is 6.54 Å². The summed E-state index contributed by atoms with van der Waals surface area (Å²) >= 11 is 0. The molecule has 2 N–H and O–H groups in total. The van der Waals surface area contributed by atoms with Crippen LogP contribution in [0.5, 0.6) is 0 Å². The van der Waals surface area contributed by atoms with E-state index in [1.54, 1.807) is 0 Å². The van der Waals surface area contributed by atoms with Crippen LogP contribution in [0.25, 0.3) is 0 Å². The molecule has 0 spiro atoms. The number of hydrazine groups is 1. The Kier molecular flexibility index (Phi) is 9.61. The summed E-state index contributed by atoms with van der Waals surface area (Å²) in [5.74, 6) is -0.0385. The minimum Gasteiger partial charge on any atom is -0.288 e. The highest BCUT2D eigenvalue weighted by Crippen LogP contribution is 2.00. The van der Waals surface area contributed by atoms with E-state index in [2.05, 4.69) is 10.9 Å². The lowest BCUT2D eigenvalue weighted by atomic mass is 10.2. The summed E-state index contributed by atoms with van der Waals surface area (Å²) in [4.78, 5) is 11.2. The maximum Gasteiger partial charge on any atom is 0.260 e. The molecule has 13 heavy (non-hydrogen) atoms. The van der Waals surface area contributed by atoms with E-state index in [1.165, 1.54) is 0 Å². The Morgan fingerprint density at radius 1 is 1.23 bits per heavy atom. The molecule has 0 fully saturated rings. The molecule has 3 nitrogen and oxygen atoms in total. The lowest BCUT2D eigenvalue weighted by Gasteiger charge is -2.06. The number of carbonyl (C=O) groups excluding carboxylic acids is 1. The number of carbonyl (C=O) groups is 1. The fourth-order valence-electron chi connectivity index (χ4n) is 0.589. The first-order valence-corrected chi connectivity index (χ1v) is 4.26. The maximum atomic E-state index is 11.2. The van der Waals surface area contributed by atoms with Gasteiger partial charge in [-0.15, -0.1) is 17.0 Å². The fraction of sp³-hybridized carbons (Fsp3) is 0.667. The van der Waals surface area contributed by atoms with Crippen molar-refractivity contribution >= 4 is 22.9 Å². The Morgan fingerprint density at radius 3 is 2.15 bits per heavy atom. The van der Waals surface area contributed by atoms with Gasteiger partial charge in [0, 0.05) is 12.1 Å². The van der Waals surface area contributed by atoms with Crippen LogP contribution in [0.4, 0.5) is 0 Å². The van der Waals surface area contributed by atoms with Crippen molar-refractivity contribution in [3.05, 3.63) is 11.1 Å². The first kappa shape index (κ1) is 15.1. The summed E-state index contributed by atoms with van der Waals surface area (Å²) in [6.45, 7) is 8.52. The molecular weight excluding hydrogens is 232 g/mol. The number of nitrogens with one attached hydrogen (secondary N) is 2. The van der Waals surface area contributed by atoms with E-state index in [9.17, 15) is 4.79 Å². The van der Waals surface area contributed by atoms with E-state index < -0.39 is 0 Å². The number of hydrogen-bond acceptors (Lipinski definition) is 2. The van der Waals surface area contributed by atoms with Crippen molar-refractivity contribution < 1.29 is 4.79 Å². The largest absolute Gasteiger partial charge is 0.288 e. The summed E-state index contributed by atoms with van der Waals surface area (Å²) in [6.07, 6.45) is 1.01. The van der Waals surface area contributed by atoms with Crippen LogP contribution in [0, 0.1) is 0 Å². The zero-order valence-corrected chi connectivity index (χ0v) is 10.4. The fourth-order valence-corrected chi connectivity index (χ4v) is 0.589. The molecule has 0 atom stereocenters. The van der Waals surface area contributed by atoms with Crippen molar-refractivity contribution in [2.24, 2.45) is 0 Å². The van der Waals surface area contributed by atoms with Crippen LogP contribution in [-0.4, -0.2) is 12.5 Å². The molecule has 0 rings (SSSR count). The third-order valence-electron chi connectivity index (χ3n) is 1.67. The maximum absolute atomic E-state index is 11.2. The molecule has 0 aliphatic heterocycles. The molecule has 0 aromatic rings. The quantitative estimate of drug-likeness (QED) is 0.455. The Morgan fingerprint density at radius 2 is 1.77 bits per heavy atom. The van der Waals surface area contributed by atoms with E-state index >= 15 is 0 Å². The smallest absolute Gasteiger partial charge is 0.260 e. The van der Waals surface area contributed by atoms with Crippen molar-refractivity contribution in [3.63, 3.8) is 0 Å². The first-order valence-electron chi connectivity index (χ1n) is 4.26. The van der Waals surface area contributed by atoms with Crippen LogP contribution in [0.15, 0.2) is 11.1 Å². The van der Waals surface area contributed by atoms with Crippen LogP contribution < -0.4 is 10.9 Å². The van der Waals surface area contributed by atoms with Crippen LogP contribution in [0.2, 0.25) is 0 Å². The predicted octanol–water partition coefficient (Wildman–Crippen LogP) is 1.95. The number of amides is 1. The standard InChI is InChI=1S/C9H18N2O.BrH/c1-5-6-10-11-9(12)8(4)7(2)3;/h10H,5-6H2,1-4H3,(H,11,12);1H. The Bertz CT molecular complexity index is 186. The zero-order chi connectivity index (χ0) is 9.56. The molecule has 0 unspecified atom stereocenters. The highest BCUT2D eigenvalue weighted by atomic mass is 79.9. The molecule has 0 aromatic carbocycles. The van der Waals surface area contributed by atoms with Crippen LogP contribution in [0.3, 0.4) is 0 Å². The van der Waals surface area contributed by atoms with Crippen LogP contribution in [-0.2, 0) is 4.79 Å². The average Bonchev–Trinajstić information content (AvgIpc) is 2.03. The van der Waals surface area contributed by atoms with Crippen molar-refractivity contribution in [1.82, 2.24) is 10.9 Å². The second-order valence-electron chi connectivity index (χ2n) is 3.01. The topological polar surface area (TPSA) is 41.1 Å². The normalized spacial score (nSPS) is 8.62. The van der Waals surface area contributed by atoms with E-state index in [-0.39, 0.29) is 22.9 Å². The summed E-state index contributed by atoms with van der Waals surface area (Å²) in [7, 11) is 0. The summed E-state index contributed by atoms with van der Waals surface area (Å²) < 4.78 is 0. The molecule has 4 heteroatoms. The molecule has 0 saturated heterocycles. The second kappa shape index (κ2) is 8.26. The first-order chi connectivity index (χ1) is 5.59. The van der Waals surface area contributed by atoms with E-state index in [0.717, 1.165) is 24.1 Å². The van der Waals surface area contributed by atoms with Gasteiger partial charge in [-0.3, -0.25) is 10.2 Å². The van der Waals surface area contributed by atoms with E-state index in [1.807, 2.05) is 27.7 Å². The van der Waals surface area contributed by atoms with E-state index in [4.69, 9.17) is 0 Å². The lowest BCUT2D eigenvalue weighted by molar-refractivity contribution is -0.118. The molecule has 0 bridgehead atoms. The average molecular weight is 251 g/mol. The SMILES string of the molecule is Br.CCCNNC(=O)C(C)=C(C)C. The molecule has 0 aliphatic rings. The minimum absolute atomic E-state index is 0. The van der Waals surface area contributed by atoms with Gasteiger partial charge in [0.05, 0.1) is 0 Å². The lowest BCUT2D eigenvalue weighted by Crippen LogP contribution is -2.38. The highest BCUT2D eigenvalue weighted by molar-refractivity contribution is 8.93. The Labute approximate surface area is 90.7 Å². The van der Waals surface area contributed by atoms with Crippen LogP contribution >= 0.6 is 17.0 Å². The monoisotopic (exact) mass is 250 g/mol. The number of allylic oxidation sites excluding steroid dienone is 1. The van der Waals surface area contributed by atoms with Gasteiger partial charge in [-0.2, -0.15) is 0 Å². The summed E-state index contributed by atoms with van der Waals surface area (Å²) in [6, 6.07) is 0. The third kappa shape index (κ3) is 6.78. The van der Waals surface area contributed by atoms with Gasteiger partial charge in [-0.05, 0) is 27.2 Å². The Balaban J connectivity index is 0. The zero-order valence-electron chi connectivity index (χ0n) is 8.73. The van der Waals surface area contributed by atoms with Crippen molar-refractivity contribution in [1.29, 1.82) is 0 Å². The molecule has 78 valence electrons. The molecule has 0 aromatic heterocycles. The molecule has 1 amide bonds. The van der Waals surface area contributed by atoms with Crippen molar-refractivity contribution in [2.45, 2.75) is 34.1 Å². The van der Waals surface area contributed by atoms with Gasteiger partial charge in [0.1, 0.15) is 0 Å². The Hall–Kier alpha value is -0.350. The van der Waals surface area contributed by atoms with Gasteiger partial charge in [0.25, 0.3) is 5.91 Å². The van der Waals surface area contributed by atoms with Gasteiger partial charge in [-0.25, -0.2) is 5.43 Å². The minimum atomic E-state index is -0.0385. The second-order valence-corrected chi connectivity index (χ2v) is 3.01. The van der Waals surface area contributed by atoms with Crippen LogP contribution in [0.1, 0.15) is 34.1 Å². The van der Waals surface area contributed by atoms with E-state index in [0.29, 0.717) is 0 Å². The van der Waals surface area contributed by atoms with Gasteiger partial charge < -0.3 is 0 Å². The van der Waals surface area contributed by atoms with Gasteiger partial charge in [0.15, 0.2) is 0 Å². The molecule has 0 aliphatic carbocycles. The molecular formula is C9H19BrN2O. The number of rotatable bonds is 4. The summed E-state index contributed by atoms with van der Waals surface area (Å²) in [5.41, 5.74) is 7.28. The number of halogens is 1. The van der Waals surface area contributed by atoms with Gasteiger partial charge in [0.2, 0.25) is 0 Å². The molecule has 0 saturated carbocycles. The predicted molar refractivity (Wildman–Crippen MR) is 60.8 cm³/mol.